The van der Waals surface area contributed by atoms with Crippen LogP contribution in [0, 0.1) is 5.92 Å². The highest BCUT2D eigenvalue weighted by Gasteiger charge is 2.65. The summed E-state index contributed by atoms with van der Waals surface area (Å²) in [4.78, 5) is 15.0. The lowest BCUT2D eigenvalue weighted by atomic mass is 9.52. The molecule has 116 valence electrons. The number of likely N-dealkylation sites (tertiary alicyclic amines) is 1. The average Bonchev–Trinajstić information content (AvgIpc) is 2.91. The molecule has 4 heteroatoms. The van der Waals surface area contributed by atoms with E-state index in [2.05, 4.69) is 0 Å². The van der Waals surface area contributed by atoms with Gasteiger partial charge in [0.25, 0.3) is 0 Å². The van der Waals surface area contributed by atoms with Crippen molar-refractivity contribution < 1.29 is 26.6 Å². The molecule has 1 aromatic carbocycles. The van der Waals surface area contributed by atoms with Gasteiger partial charge >= 0.3 is 0 Å². The summed E-state index contributed by atoms with van der Waals surface area (Å²) in [6, 6.07) is -2.29. The Morgan fingerprint density at radius 3 is 3.41 bits per heavy atom. The van der Waals surface area contributed by atoms with Gasteiger partial charge in [-0.05, 0) is 50.4 Å². The standard InChI is InChI=1S/C18H21NO3/c1-19-8-7-18-11-4-5-13(20)17(18)22-16-14(21-2)6-3-10(15(16)18)9-12(11)19/h3,6,11-12,17H,4-5,7-9H2,1-2H3/t11-,12+,17?,18-/m0/s1/i2D3,3D,5D2,6D,12D,17D. The molecule has 2 aliphatic heterocycles. The van der Waals surface area contributed by atoms with Gasteiger partial charge in [0.1, 0.15) is 0 Å². The molecule has 1 saturated heterocycles. The molecule has 5 rings (SSSR count). The SMILES string of the molecule is [2H]c1c([2H])c(OC([2H])([2H])[2H])c2c3c1C[C@]1([2H])[C@@H]4CC([2H])([2H])C(=O)C([2H])(O2)[C@]34CCN1C. The maximum absolute atomic E-state index is 13.2. The van der Waals surface area contributed by atoms with E-state index in [0.29, 0.717) is 6.54 Å². The van der Waals surface area contributed by atoms with E-state index in [0.717, 1.165) is 0 Å². The minimum Gasteiger partial charge on any atom is -0.493 e. The van der Waals surface area contributed by atoms with Gasteiger partial charge in [-0.3, -0.25) is 4.79 Å². The number of carbonyl (C=O) groups excluding carboxylic acids is 1. The van der Waals surface area contributed by atoms with Crippen molar-refractivity contribution in [2.24, 2.45) is 5.92 Å². The van der Waals surface area contributed by atoms with Gasteiger partial charge in [0, 0.05) is 27.5 Å². The molecule has 0 radical (unpaired) electrons. The van der Waals surface area contributed by atoms with Crippen molar-refractivity contribution in [3.05, 3.63) is 23.2 Å². The van der Waals surface area contributed by atoms with Gasteiger partial charge in [-0.25, -0.2) is 0 Å². The Morgan fingerprint density at radius 2 is 2.55 bits per heavy atom. The number of methoxy groups -OCH3 is 1. The quantitative estimate of drug-likeness (QED) is 0.795. The fourth-order valence-electron chi connectivity index (χ4n) is 4.62. The molecule has 0 amide bonds. The maximum atomic E-state index is 13.2. The predicted octanol–water partition coefficient (Wildman–Crippen LogP) is 1.93. The predicted molar refractivity (Wildman–Crippen MR) is 81.6 cm³/mol. The Balaban J connectivity index is 1.90. The summed E-state index contributed by atoms with van der Waals surface area (Å²) >= 11 is 0. The summed E-state index contributed by atoms with van der Waals surface area (Å²) in [7, 11) is -1.24. The Morgan fingerprint density at radius 1 is 1.64 bits per heavy atom. The largest absolute Gasteiger partial charge is 0.493 e. The summed E-state index contributed by atoms with van der Waals surface area (Å²) in [6.45, 7) is 0.338. The Hall–Kier alpha value is -1.55. The van der Waals surface area contributed by atoms with Crippen LogP contribution in [0.2, 0.25) is 0 Å². The minimum absolute atomic E-state index is 0.0271. The highest BCUT2D eigenvalue weighted by Crippen LogP contribution is 2.62. The molecule has 22 heavy (non-hydrogen) atoms. The number of ether oxygens (including phenoxy) is 2. The Labute approximate surface area is 143 Å². The first-order valence-electron chi connectivity index (χ1n) is 11.9. The van der Waals surface area contributed by atoms with Crippen LogP contribution in [-0.2, 0) is 16.6 Å². The molecule has 0 N–H and O–H groups in total. The fourth-order valence-corrected chi connectivity index (χ4v) is 4.62. The topological polar surface area (TPSA) is 38.8 Å². The van der Waals surface area contributed by atoms with Gasteiger partial charge in [0.2, 0.25) is 0 Å². The van der Waals surface area contributed by atoms with Crippen LogP contribution in [0.15, 0.2) is 12.1 Å². The number of piperidine rings is 1. The van der Waals surface area contributed by atoms with E-state index in [1.54, 1.807) is 11.9 Å². The van der Waals surface area contributed by atoms with Crippen LogP contribution < -0.4 is 9.47 Å². The second-order valence-electron chi connectivity index (χ2n) is 6.37. The molecule has 1 unspecified atom stereocenters. The lowest BCUT2D eigenvalue weighted by molar-refractivity contribution is -0.138. The van der Waals surface area contributed by atoms with Crippen molar-refractivity contribution in [2.75, 3.05) is 20.6 Å². The molecule has 4 nitrogen and oxygen atoms in total. The van der Waals surface area contributed by atoms with Crippen LogP contribution >= 0.6 is 0 Å². The highest BCUT2D eigenvalue weighted by molar-refractivity contribution is 5.89. The number of ketones is 1. The molecule has 2 aliphatic carbocycles. The summed E-state index contributed by atoms with van der Waals surface area (Å²) in [5.74, 6) is -2.69. The van der Waals surface area contributed by atoms with Crippen LogP contribution in [0.4, 0.5) is 0 Å². The molecule has 0 aromatic heterocycles. The van der Waals surface area contributed by atoms with Crippen LogP contribution in [-0.4, -0.2) is 43.4 Å². The van der Waals surface area contributed by atoms with Crippen LogP contribution in [0.1, 0.15) is 42.7 Å². The molecular formula is C18H21NO3. The van der Waals surface area contributed by atoms with Crippen LogP contribution in [0.5, 0.6) is 11.5 Å². The Bertz CT molecular complexity index is 1040. The molecule has 1 spiro atoms. The summed E-state index contributed by atoms with van der Waals surface area (Å²) < 4.78 is 85.0. The Kier molecular flexibility index (Phi) is 1.27. The third kappa shape index (κ3) is 1.27. The molecule has 2 fully saturated rings. The van der Waals surface area contributed by atoms with Gasteiger partial charge in [-0.2, -0.15) is 0 Å². The van der Waals surface area contributed by atoms with E-state index in [1.165, 1.54) is 0 Å². The number of benzene rings is 1. The summed E-state index contributed by atoms with van der Waals surface area (Å²) in [6.07, 6.45) is -4.98. The van der Waals surface area contributed by atoms with Crippen molar-refractivity contribution in [3.8, 4) is 11.5 Å². The molecule has 4 aliphatic rings. The first-order valence-corrected chi connectivity index (χ1v) is 7.41. The van der Waals surface area contributed by atoms with E-state index in [9.17, 15) is 6.17 Å². The fraction of sp³-hybridized carbons (Fsp3) is 0.611. The second-order valence-corrected chi connectivity index (χ2v) is 6.37. The first kappa shape index (κ1) is 6.91. The van der Waals surface area contributed by atoms with Crippen molar-refractivity contribution in [3.63, 3.8) is 0 Å². The molecule has 1 saturated carbocycles. The van der Waals surface area contributed by atoms with E-state index in [-0.39, 0.29) is 42.2 Å². The van der Waals surface area contributed by atoms with Crippen LogP contribution in [0.3, 0.4) is 0 Å². The monoisotopic (exact) mass is 308 g/mol. The number of likely N-dealkylation sites (N-methyl/N-ethyl adjacent to an activating group) is 1. The normalized spacial score (nSPS) is 54.0. The van der Waals surface area contributed by atoms with Gasteiger partial charge in [0.05, 0.1) is 15.3 Å². The average molecular weight is 308 g/mol. The molecule has 2 heterocycles. The minimum atomic E-state index is -2.96. The first-order chi connectivity index (χ1) is 14.1. The van der Waals surface area contributed by atoms with Gasteiger partial charge < -0.3 is 14.4 Å². The maximum Gasteiger partial charge on any atom is 0.174 e. The second kappa shape index (κ2) is 4.05. The van der Waals surface area contributed by atoms with E-state index < -0.39 is 54.4 Å². The zero-order chi connectivity index (χ0) is 22.9. The van der Waals surface area contributed by atoms with Crippen molar-refractivity contribution >= 4 is 5.78 Å². The van der Waals surface area contributed by atoms with Gasteiger partial charge in [0.15, 0.2) is 23.4 Å². The van der Waals surface area contributed by atoms with E-state index in [1.807, 2.05) is 0 Å². The lowest BCUT2D eigenvalue weighted by Crippen LogP contribution is -2.65. The molecule has 4 atom stereocenters. The zero-order valence-electron chi connectivity index (χ0n) is 21.1. The van der Waals surface area contributed by atoms with Gasteiger partial charge in [-0.1, -0.05) is 6.04 Å². The van der Waals surface area contributed by atoms with E-state index >= 15 is 0 Å². The third-order valence-electron chi connectivity index (χ3n) is 5.58. The smallest absolute Gasteiger partial charge is 0.174 e. The number of nitrogens with zero attached hydrogens (tertiary/aromatic N) is 1. The number of hydrogen-bond donors (Lipinski definition) is 0. The van der Waals surface area contributed by atoms with Crippen molar-refractivity contribution in [1.82, 2.24) is 4.90 Å². The molecule has 1 aromatic rings. The molecule has 2 bridgehead atoms. The summed E-state index contributed by atoms with van der Waals surface area (Å²) in [5.41, 5.74) is -0.893. The highest BCUT2D eigenvalue weighted by atomic mass is 16.5. The van der Waals surface area contributed by atoms with Crippen molar-refractivity contribution in [2.45, 2.75) is 43.1 Å². The van der Waals surface area contributed by atoms with Crippen molar-refractivity contribution in [1.29, 1.82) is 0 Å². The number of carbonyl (C=O) groups is 1. The zero-order valence-corrected chi connectivity index (χ0v) is 12.1. The number of rotatable bonds is 1. The van der Waals surface area contributed by atoms with Crippen LogP contribution in [0.25, 0.3) is 0 Å². The lowest BCUT2D eigenvalue weighted by Gasteiger charge is -2.57. The summed E-state index contributed by atoms with van der Waals surface area (Å²) in [5, 5.41) is 0. The van der Waals surface area contributed by atoms with Gasteiger partial charge in [-0.15, -0.1) is 0 Å². The number of Topliss-reactive ketones (excluding diaryl/α,β-unsaturated/α-hetero) is 1. The number of hydrogen-bond acceptors (Lipinski definition) is 4. The third-order valence-corrected chi connectivity index (χ3v) is 5.58. The molecular weight excluding hydrogens is 278 g/mol. The van der Waals surface area contributed by atoms with E-state index in [4.69, 9.17) is 20.4 Å².